The van der Waals surface area contributed by atoms with E-state index in [9.17, 15) is 4.79 Å². The molecular formula is C13H21NO. The molecule has 3 fully saturated rings. The number of hydrogen-bond donors (Lipinski definition) is 0. The fraction of sp³-hybridized carbons (Fsp3) is 0.923. The monoisotopic (exact) mass is 207 g/mol. The van der Waals surface area contributed by atoms with Crippen LogP contribution < -0.4 is 0 Å². The lowest BCUT2D eigenvalue weighted by Crippen LogP contribution is -2.35. The second-order valence-corrected chi connectivity index (χ2v) is 5.89. The summed E-state index contributed by atoms with van der Waals surface area (Å²) in [5.41, 5.74) is 0.696. The summed E-state index contributed by atoms with van der Waals surface area (Å²) in [6.45, 7) is 3.61. The van der Waals surface area contributed by atoms with Gasteiger partial charge in [-0.25, -0.2) is 0 Å². The molecule has 1 saturated heterocycles. The number of hydrogen-bond acceptors (Lipinski definition) is 2. The second kappa shape index (κ2) is 3.58. The number of nitrogens with zero attached hydrogens (tertiary/aromatic N) is 1. The Morgan fingerprint density at radius 2 is 2.13 bits per heavy atom. The van der Waals surface area contributed by atoms with Gasteiger partial charge in [0, 0.05) is 25.4 Å². The third kappa shape index (κ3) is 1.73. The van der Waals surface area contributed by atoms with Gasteiger partial charge >= 0.3 is 0 Å². The molecule has 1 unspecified atom stereocenters. The van der Waals surface area contributed by atoms with Crippen LogP contribution in [0.1, 0.15) is 44.9 Å². The van der Waals surface area contributed by atoms with E-state index < -0.39 is 0 Å². The number of carbonyl (C=O) groups excluding carboxylic acids is 1. The van der Waals surface area contributed by atoms with Crippen molar-refractivity contribution in [3.8, 4) is 0 Å². The third-order valence-electron chi connectivity index (χ3n) is 4.84. The van der Waals surface area contributed by atoms with Crippen molar-refractivity contribution in [2.24, 2.45) is 11.3 Å². The molecule has 0 aromatic heterocycles. The standard InChI is InChI=1S/C13H21NO/c15-12-4-1-3-11(12)9-14-8-7-13(10-14)5-2-6-13/h11H,1-10H2. The lowest BCUT2D eigenvalue weighted by atomic mass is 9.68. The average molecular weight is 207 g/mol. The van der Waals surface area contributed by atoms with Gasteiger partial charge < -0.3 is 4.90 Å². The van der Waals surface area contributed by atoms with Gasteiger partial charge in [-0.15, -0.1) is 0 Å². The Bertz CT molecular complexity index is 270. The van der Waals surface area contributed by atoms with Crippen LogP contribution in [-0.2, 0) is 4.79 Å². The Hall–Kier alpha value is -0.370. The molecule has 3 aliphatic rings. The normalized spacial score (nSPS) is 34.9. The Balaban J connectivity index is 1.54. The molecule has 0 amide bonds. The molecular weight excluding hydrogens is 186 g/mol. The summed E-state index contributed by atoms with van der Waals surface area (Å²) in [4.78, 5) is 14.1. The van der Waals surface area contributed by atoms with Gasteiger partial charge in [0.25, 0.3) is 0 Å². The van der Waals surface area contributed by atoms with Gasteiger partial charge in [-0.1, -0.05) is 6.42 Å². The predicted molar refractivity (Wildman–Crippen MR) is 59.7 cm³/mol. The van der Waals surface area contributed by atoms with Crippen molar-refractivity contribution in [3.63, 3.8) is 0 Å². The van der Waals surface area contributed by atoms with Crippen molar-refractivity contribution in [1.82, 2.24) is 4.90 Å². The van der Waals surface area contributed by atoms with Crippen LogP contribution in [0, 0.1) is 11.3 Å². The predicted octanol–water partition coefficient (Wildman–Crippen LogP) is 2.23. The lowest BCUT2D eigenvalue weighted by Gasteiger charge is -2.38. The molecule has 2 saturated carbocycles. The van der Waals surface area contributed by atoms with E-state index in [0.717, 1.165) is 25.8 Å². The molecule has 0 radical (unpaired) electrons. The SMILES string of the molecule is O=C1CCCC1CN1CCC2(CCC2)C1. The largest absolute Gasteiger partial charge is 0.302 e. The summed E-state index contributed by atoms with van der Waals surface area (Å²) in [7, 11) is 0. The minimum Gasteiger partial charge on any atom is -0.302 e. The minimum absolute atomic E-state index is 0.389. The van der Waals surface area contributed by atoms with Gasteiger partial charge in [-0.05, 0) is 44.1 Å². The molecule has 2 heteroatoms. The third-order valence-corrected chi connectivity index (χ3v) is 4.84. The number of carbonyl (C=O) groups is 1. The molecule has 0 aromatic carbocycles. The summed E-state index contributed by atoms with van der Waals surface area (Å²) in [6, 6.07) is 0. The second-order valence-electron chi connectivity index (χ2n) is 5.89. The van der Waals surface area contributed by atoms with Crippen molar-refractivity contribution in [1.29, 1.82) is 0 Å². The average Bonchev–Trinajstić information content (AvgIpc) is 2.74. The lowest BCUT2D eigenvalue weighted by molar-refractivity contribution is -0.121. The van der Waals surface area contributed by atoms with E-state index in [1.165, 1.54) is 38.8 Å². The Morgan fingerprint density at radius 1 is 1.27 bits per heavy atom. The maximum atomic E-state index is 11.6. The molecule has 0 N–H and O–H groups in total. The van der Waals surface area contributed by atoms with Crippen molar-refractivity contribution in [2.75, 3.05) is 19.6 Å². The van der Waals surface area contributed by atoms with Crippen LogP contribution in [-0.4, -0.2) is 30.3 Å². The van der Waals surface area contributed by atoms with Crippen molar-refractivity contribution >= 4 is 5.78 Å². The minimum atomic E-state index is 0.389. The van der Waals surface area contributed by atoms with Crippen LogP contribution >= 0.6 is 0 Å². The number of ketones is 1. The van der Waals surface area contributed by atoms with Crippen LogP contribution in [0.4, 0.5) is 0 Å². The van der Waals surface area contributed by atoms with Gasteiger partial charge in [0.15, 0.2) is 0 Å². The van der Waals surface area contributed by atoms with Crippen LogP contribution in [0.25, 0.3) is 0 Å². The highest BCUT2D eigenvalue weighted by molar-refractivity contribution is 5.83. The van der Waals surface area contributed by atoms with Crippen molar-refractivity contribution < 1.29 is 4.79 Å². The maximum Gasteiger partial charge on any atom is 0.137 e. The van der Waals surface area contributed by atoms with Crippen LogP contribution in [0.2, 0.25) is 0 Å². The number of likely N-dealkylation sites (tertiary alicyclic amines) is 1. The van der Waals surface area contributed by atoms with Crippen molar-refractivity contribution in [3.05, 3.63) is 0 Å². The first-order chi connectivity index (χ1) is 7.27. The topological polar surface area (TPSA) is 20.3 Å². The summed E-state index contributed by atoms with van der Waals surface area (Å²) >= 11 is 0. The smallest absolute Gasteiger partial charge is 0.137 e. The summed E-state index contributed by atoms with van der Waals surface area (Å²) in [5.74, 6) is 0.921. The Morgan fingerprint density at radius 3 is 2.67 bits per heavy atom. The number of Topliss-reactive ketones (excluding diaryl/α,β-unsaturated/α-hetero) is 1. The maximum absolute atomic E-state index is 11.6. The van der Waals surface area contributed by atoms with E-state index in [-0.39, 0.29) is 0 Å². The highest BCUT2D eigenvalue weighted by atomic mass is 16.1. The highest BCUT2D eigenvalue weighted by Gasteiger charge is 2.43. The fourth-order valence-electron chi connectivity index (χ4n) is 3.66. The quantitative estimate of drug-likeness (QED) is 0.692. The zero-order chi connectivity index (χ0) is 10.3. The first-order valence-corrected chi connectivity index (χ1v) is 6.53. The molecule has 1 atom stereocenters. The molecule has 1 spiro atoms. The van der Waals surface area contributed by atoms with Crippen LogP contribution in [0.3, 0.4) is 0 Å². The molecule has 15 heavy (non-hydrogen) atoms. The van der Waals surface area contributed by atoms with Crippen molar-refractivity contribution in [2.45, 2.75) is 44.9 Å². The van der Waals surface area contributed by atoms with E-state index in [1.807, 2.05) is 0 Å². The van der Waals surface area contributed by atoms with Gasteiger partial charge in [0.1, 0.15) is 5.78 Å². The first-order valence-electron chi connectivity index (χ1n) is 6.53. The summed E-state index contributed by atoms with van der Waals surface area (Å²) in [6.07, 6.45) is 8.88. The van der Waals surface area contributed by atoms with Crippen LogP contribution in [0.15, 0.2) is 0 Å². The van der Waals surface area contributed by atoms with Gasteiger partial charge in [-0.2, -0.15) is 0 Å². The van der Waals surface area contributed by atoms with E-state index >= 15 is 0 Å². The molecule has 2 aliphatic carbocycles. The molecule has 2 nitrogen and oxygen atoms in total. The Labute approximate surface area is 92.0 Å². The molecule has 0 bridgehead atoms. The summed E-state index contributed by atoms with van der Waals surface area (Å²) in [5, 5.41) is 0. The fourth-order valence-corrected chi connectivity index (χ4v) is 3.66. The highest BCUT2D eigenvalue weighted by Crippen LogP contribution is 2.48. The van der Waals surface area contributed by atoms with Gasteiger partial charge in [0.2, 0.25) is 0 Å². The molecule has 3 rings (SSSR count). The van der Waals surface area contributed by atoms with Gasteiger partial charge in [-0.3, -0.25) is 4.79 Å². The van der Waals surface area contributed by atoms with E-state index in [0.29, 0.717) is 17.1 Å². The molecule has 1 heterocycles. The van der Waals surface area contributed by atoms with E-state index in [2.05, 4.69) is 4.90 Å². The zero-order valence-corrected chi connectivity index (χ0v) is 9.50. The number of rotatable bonds is 2. The zero-order valence-electron chi connectivity index (χ0n) is 9.50. The summed E-state index contributed by atoms with van der Waals surface area (Å²) < 4.78 is 0. The van der Waals surface area contributed by atoms with Crippen LogP contribution in [0.5, 0.6) is 0 Å². The molecule has 84 valence electrons. The molecule has 0 aromatic rings. The Kier molecular flexibility index (Phi) is 2.35. The first kappa shape index (κ1) is 9.83. The van der Waals surface area contributed by atoms with E-state index in [1.54, 1.807) is 0 Å². The van der Waals surface area contributed by atoms with E-state index in [4.69, 9.17) is 0 Å². The molecule has 1 aliphatic heterocycles. The van der Waals surface area contributed by atoms with Gasteiger partial charge in [0.05, 0.1) is 0 Å².